The Morgan fingerprint density at radius 3 is 2.80 bits per heavy atom. The predicted molar refractivity (Wildman–Crippen MR) is 81.5 cm³/mol. The van der Waals surface area contributed by atoms with E-state index in [9.17, 15) is 4.79 Å². The Hall–Kier alpha value is -1.79. The lowest BCUT2D eigenvalue weighted by molar-refractivity contribution is 0.0743. The van der Waals surface area contributed by atoms with E-state index in [-0.39, 0.29) is 5.91 Å². The third-order valence-electron chi connectivity index (χ3n) is 3.44. The molecule has 1 amide bonds. The molecular weight excluding hydrogens is 248 g/mol. The second-order valence-electron chi connectivity index (χ2n) is 5.28. The van der Waals surface area contributed by atoms with E-state index in [4.69, 9.17) is 5.73 Å². The fourth-order valence-corrected chi connectivity index (χ4v) is 2.33. The van der Waals surface area contributed by atoms with Crippen molar-refractivity contribution in [3.05, 3.63) is 34.9 Å². The number of nitrogens with zero attached hydrogens (tertiary/aromatic N) is 1. The fraction of sp³-hybridized carbons (Fsp3) is 0.471. The minimum absolute atomic E-state index is 0.107. The molecule has 1 aromatic carbocycles. The molecule has 0 saturated heterocycles. The van der Waals surface area contributed by atoms with Crippen LogP contribution in [0.1, 0.15) is 47.7 Å². The van der Waals surface area contributed by atoms with E-state index in [0.717, 1.165) is 36.9 Å². The van der Waals surface area contributed by atoms with Crippen molar-refractivity contribution in [3.63, 3.8) is 0 Å². The molecule has 0 radical (unpaired) electrons. The lowest BCUT2D eigenvalue weighted by atomic mass is 10.0. The number of hydrogen-bond donors (Lipinski definition) is 1. The Morgan fingerprint density at radius 1 is 1.45 bits per heavy atom. The molecule has 1 aliphatic rings. The van der Waals surface area contributed by atoms with Crippen LogP contribution in [0.2, 0.25) is 0 Å². The largest absolute Gasteiger partial charge is 0.336 e. The first kappa shape index (κ1) is 14.6. The van der Waals surface area contributed by atoms with Crippen LogP contribution >= 0.6 is 0 Å². The van der Waals surface area contributed by atoms with Gasteiger partial charge in [0.15, 0.2) is 0 Å². The normalized spacial score (nSPS) is 13.6. The van der Waals surface area contributed by atoms with E-state index in [1.54, 1.807) is 0 Å². The first-order chi connectivity index (χ1) is 9.67. The first-order valence-electron chi connectivity index (χ1n) is 7.28. The summed E-state index contributed by atoms with van der Waals surface area (Å²) in [6.45, 7) is 5.24. The van der Waals surface area contributed by atoms with Crippen molar-refractivity contribution >= 4 is 5.91 Å². The summed E-state index contributed by atoms with van der Waals surface area (Å²) in [6.07, 6.45) is 3.24. The topological polar surface area (TPSA) is 46.3 Å². The zero-order valence-electron chi connectivity index (χ0n) is 12.3. The fourth-order valence-electron chi connectivity index (χ4n) is 2.33. The molecule has 1 aromatic rings. The van der Waals surface area contributed by atoms with Crippen LogP contribution in [-0.4, -0.2) is 29.9 Å². The molecule has 3 heteroatoms. The maximum absolute atomic E-state index is 12.7. The molecule has 0 aromatic heterocycles. The highest BCUT2D eigenvalue weighted by Crippen LogP contribution is 2.29. The minimum Gasteiger partial charge on any atom is -0.336 e. The van der Waals surface area contributed by atoms with Gasteiger partial charge in [-0.25, -0.2) is 0 Å². The summed E-state index contributed by atoms with van der Waals surface area (Å²) in [5.74, 6) is 5.99. The van der Waals surface area contributed by atoms with E-state index in [2.05, 4.69) is 18.8 Å². The van der Waals surface area contributed by atoms with Gasteiger partial charge in [0.2, 0.25) is 0 Å². The van der Waals surface area contributed by atoms with Crippen LogP contribution in [0.4, 0.5) is 0 Å². The molecule has 0 heterocycles. The van der Waals surface area contributed by atoms with Crippen molar-refractivity contribution in [2.24, 2.45) is 5.73 Å². The molecule has 3 nitrogen and oxygen atoms in total. The van der Waals surface area contributed by atoms with Gasteiger partial charge in [-0.15, -0.1) is 0 Å². The Morgan fingerprint density at radius 2 is 2.20 bits per heavy atom. The van der Waals surface area contributed by atoms with Crippen LogP contribution in [0.25, 0.3) is 0 Å². The van der Waals surface area contributed by atoms with Crippen molar-refractivity contribution < 1.29 is 4.79 Å². The summed E-state index contributed by atoms with van der Waals surface area (Å²) in [5, 5.41) is 0. The Balaban J connectivity index is 2.32. The van der Waals surface area contributed by atoms with Crippen molar-refractivity contribution in [2.45, 2.75) is 39.2 Å². The average Bonchev–Trinajstić information content (AvgIpc) is 3.26. The molecular formula is C17H22N2O. The smallest absolute Gasteiger partial charge is 0.255 e. The van der Waals surface area contributed by atoms with E-state index >= 15 is 0 Å². The van der Waals surface area contributed by atoms with Gasteiger partial charge in [0, 0.05) is 18.2 Å². The van der Waals surface area contributed by atoms with Crippen LogP contribution in [0, 0.1) is 18.8 Å². The number of aryl methyl sites for hydroxylation is 1. The maximum Gasteiger partial charge on any atom is 0.255 e. The second kappa shape index (κ2) is 6.58. The molecule has 0 atom stereocenters. The van der Waals surface area contributed by atoms with E-state index in [1.165, 1.54) is 0 Å². The van der Waals surface area contributed by atoms with Gasteiger partial charge in [-0.1, -0.05) is 24.8 Å². The Labute approximate surface area is 121 Å². The maximum atomic E-state index is 12.7. The molecule has 1 aliphatic carbocycles. The second-order valence-corrected chi connectivity index (χ2v) is 5.28. The van der Waals surface area contributed by atoms with Gasteiger partial charge in [-0.3, -0.25) is 4.79 Å². The quantitative estimate of drug-likeness (QED) is 0.853. The average molecular weight is 270 g/mol. The van der Waals surface area contributed by atoms with Crippen molar-refractivity contribution in [1.29, 1.82) is 0 Å². The van der Waals surface area contributed by atoms with Crippen LogP contribution in [0.15, 0.2) is 18.2 Å². The van der Waals surface area contributed by atoms with Gasteiger partial charge >= 0.3 is 0 Å². The van der Waals surface area contributed by atoms with Crippen LogP contribution < -0.4 is 5.73 Å². The molecule has 0 spiro atoms. The molecule has 2 rings (SSSR count). The molecule has 0 bridgehead atoms. The molecule has 106 valence electrons. The molecule has 1 saturated carbocycles. The highest BCUT2D eigenvalue weighted by molar-refractivity contribution is 5.97. The number of carbonyl (C=O) groups is 1. The van der Waals surface area contributed by atoms with E-state index < -0.39 is 0 Å². The highest BCUT2D eigenvalue weighted by Gasteiger charge is 2.32. The molecule has 0 aliphatic heterocycles. The molecule has 2 N–H and O–H groups in total. The van der Waals surface area contributed by atoms with Gasteiger partial charge < -0.3 is 10.6 Å². The number of hydrogen-bond acceptors (Lipinski definition) is 2. The summed E-state index contributed by atoms with van der Waals surface area (Å²) in [7, 11) is 0. The first-order valence-corrected chi connectivity index (χ1v) is 7.28. The van der Waals surface area contributed by atoms with Gasteiger partial charge in [0.1, 0.15) is 0 Å². The number of nitrogens with two attached hydrogens (primary N) is 1. The minimum atomic E-state index is 0.107. The summed E-state index contributed by atoms with van der Waals surface area (Å²) in [5.41, 5.74) is 8.04. The third-order valence-corrected chi connectivity index (χ3v) is 3.44. The van der Waals surface area contributed by atoms with Crippen molar-refractivity contribution in [1.82, 2.24) is 4.90 Å². The third kappa shape index (κ3) is 3.40. The summed E-state index contributed by atoms with van der Waals surface area (Å²) in [4.78, 5) is 14.7. The van der Waals surface area contributed by atoms with Crippen LogP contribution in [0.3, 0.4) is 0 Å². The molecule has 20 heavy (non-hydrogen) atoms. The van der Waals surface area contributed by atoms with E-state index in [1.807, 2.05) is 30.0 Å². The highest BCUT2D eigenvalue weighted by atomic mass is 16.2. The number of rotatable bonds is 4. The Bertz CT molecular complexity index is 550. The molecule has 1 fully saturated rings. The summed E-state index contributed by atoms with van der Waals surface area (Å²) in [6, 6.07) is 6.26. The number of benzene rings is 1. The molecule has 0 unspecified atom stereocenters. The lowest BCUT2D eigenvalue weighted by Gasteiger charge is -2.22. The van der Waals surface area contributed by atoms with Gasteiger partial charge in [0.05, 0.1) is 12.1 Å². The predicted octanol–water partition coefficient (Wildman–Crippen LogP) is 2.32. The summed E-state index contributed by atoms with van der Waals surface area (Å²) >= 11 is 0. The van der Waals surface area contributed by atoms with Gasteiger partial charge in [-0.2, -0.15) is 0 Å². The summed E-state index contributed by atoms with van der Waals surface area (Å²) < 4.78 is 0. The lowest BCUT2D eigenvalue weighted by Crippen LogP contribution is -2.34. The number of carbonyl (C=O) groups excluding carboxylic acids is 1. The monoisotopic (exact) mass is 270 g/mol. The van der Waals surface area contributed by atoms with Crippen LogP contribution in [0.5, 0.6) is 0 Å². The van der Waals surface area contributed by atoms with Gasteiger partial charge in [-0.05, 0) is 43.9 Å². The van der Waals surface area contributed by atoms with Crippen LogP contribution in [-0.2, 0) is 0 Å². The number of amides is 1. The van der Waals surface area contributed by atoms with Crippen molar-refractivity contribution in [2.75, 3.05) is 13.1 Å². The Kier molecular flexibility index (Phi) is 4.81. The van der Waals surface area contributed by atoms with Crippen molar-refractivity contribution in [3.8, 4) is 11.8 Å². The van der Waals surface area contributed by atoms with E-state index in [0.29, 0.717) is 18.2 Å². The zero-order chi connectivity index (χ0) is 14.5. The zero-order valence-corrected chi connectivity index (χ0v) is 12.3. The van der Waals surface area contributed by atoms with Gasteiger partial charge in [0.25, 0.3) is 5.91 Å². The SMILES string of the molecule is CCCN(C(=O)c1ccc(C)cc1C#CCN)C1CC1. The standard InChI is InChI=1S/C17H22N2O/c1-3-11-19(15-7-8-15)17(20)16-9-6-13(2)12-14(16)5-4-10-18/h6,9,12,15H,3,7-8,10-11,18H2,1-2H3.